The SMILES string of the molecule is CCCCCCCCCCCCC/C=C/C(O)C(CO)NC(=O)CCCCCCCCCCCCCCCCCCCCCCCCCCCCCO. The number of aliphatic hydroxyl groups is 3. The molecule has 5 heteroatoms. The summed E-state index contributed by atoms with van der Waals surface area (Å²) < 4.78 is 0. The fourth-order valence-electron chi connectivity index (χ4n) is 7.63. The lowest BCUT2D eigenvalue weighted by Gasteiger charge is -2.20. The second kappa shape index (κ2) is 45.5. The van der Waals surface area contributed by atoms with Crippen molar-refractivity contribution in [3.05, 3.63) is 12.2 Å². The predicted octanol–water partition coefficient (Wildman–Crippen LogP) is 14.0. The molecule has 0 spiro atoms. The Bertz CT molecular complexity index is 728. The molecule has 0 aliphatic carbocycles. The molecule has 1 amide bonds. The lowest BCUT2D eigenvalue weighted by molar-refractivity contribution is -0.123. The summed E-state index contributed by atoms with van der Waals surface area (Å²) in [6.45, 7) is 2.38. The van der Waals surface area contributed by atoms with E-state index in [1.54, 1.807) is 6.08 Å². The van der Waals surface area contributed by atoms with Crippen molar-refractivity contribution in [3.63, 3.8) is 0 Å². The van der Waals surface area contributed by atoms with E-state index >= 15 is 0 Å². The van der Waals surface area contributed by atoms with Crippen LogP contribution in [0.5, 0.6) is 0 Å². The summed E-state index contributed by atoms with van der Waals surface area (Å²) in [6, 6.07) is -0.620. The molecule has 2 atom stereocenters. The van der Waals surface area contributed by atoms with Gasteiger partial charge in [-0.3, -0.25) is 4.79 Å². The molecule has 0 radical (unpaired) electrons. The topological polar surface area (TPSA) is 89.8 Å². The molecular formula is C48H95NO4. The van der Waals surface area contributed by atoms with Crippen LogP contribution in [0.2, 0.25) is 0 Å². The van der Waals surface area contributed by atoms with E-state index in [0.717, 1.165) is 32.1 Å². The Kier molecular flexibility index (Phi) is 44.7. The lowest BCUT2D eigenvalue weighted by atomic mass is 10.0. The minimum absolute atomic E-state index is 0.0628. The van der Waals surface area contributed by atoms with Gasteiger partial charge in [0.1, 0.15) is 0 Å². The van der Waals surface area contributed by atoms with Crippen LogP contribution in [-0.4, -0.2) is 46.6 Å². The summed E-state index contributed by atoms with van der Waals surface area (Å²) in [5.41, 5.74) is 0. The van der Waals surface area contributed by atoms with Crippen LogP contribution in [0.3, 0.4) is 0 Å². The fourth-order valence-corrected chi connectivity index (χ4v) is 7.63. The highest BCUT2D eigenvalue weighted by atomic mass is 16.3. The van der Waals surface area contributed by atoms with E-state index in [4.69, 9.17) is 5.11 Å². The van der Waals surface area contributed by atoms with Gasteiger partial charge >= 0.3 is 0 Å². The van der Waals surface area contributed by atoms with Gasteiger partial charge in [0.15, 0.2) is 0 Å². The lowest BCUT2D eigenvalue weighted by Crippen LogP contribution is -2.45. The maximum Gasteiger partial charge on any atom is 0.220 e. The number of allylic oxidation sites excluding steroid dienone is 1. The summed E-state index contributed by atoms with van der Waals surface area (Å²) >= 11 is 0. The first kappa shape index (κ1) is 52.1. The molecule has 0 aliphatic heterocycles. The Morgan fingerprint density at radius 2 is 0.755 bits per heavy atom. The van der Waals surface area contributed by atoms with Crippen molar-refractivity contribution in [2.45, 2.75) is 276 Å². The van der Waals surface area contributed by atoms with Gasteiger partial charge in [-0.2, -0.15) is 0 Å². The van der Waals surface area contributed by atoms with E-state index in [9.17, 15) is 15.0 Å². The minimum Gasteiger partial charge on any atom is -0.396 e. The molecule has 0 bridgehead atoms. The van der Waals surface area contributed by atoms with E-state index in [1.165, 1.54) is 218 Å². The van der Waals surface area contributed by atoms with E-state index in [1.807, 2.05) is 6.08 Å². The van der Waals surface area contributed by atoms with Crippen LogP contribution in [0.25, 0.3) is 0 Å². The maximum atomic E-state index is 12.4. The van der Waals surface area contributed by atoms with Crippen LogP contribution in [0.4, 0.5) is 0 Å². The van der Waals surface area contributed by atoms with Crippen molar-refractivity contribution in [2.75, 3.05) is 13.2 Å². The third-order valence-corrected chi connectivity index (χ3v) is 11.3. The van der Waals surface area contributed by atoms with Crippen molar-refractivity contribution in [1.82, 2.24) is 5.32 Å². The number of aliphatic hydroxyl groups excluding tert-OH is 3. The average Bonchev–Trinajstić information content (AvgIpc) is 3.16. The number of carbonyl (C=O) groups is 1. The van der Waals surface area contributed by atoms with Gasteiger partial charge in [0.25, 0.3) is 0 Å². The molecule has 316 valence electrons. The molecule has 0 aromatic carbocycles. The summed E-state index contributed by atoms with van der Waals surface area (Å²) in [7, 11) is 0. The highest BCUT2D eigenvalue weighted by Gasteiger charge is 2.18. The third-order valence-electron chi connectivity index (χ3n) is 11.3. The van der Waals surface area contributed by atoms with Crippen LogP contribution >= 0.6 is 0 Å². The molecular weight excluding hydrogens is 655 g/mol. The Morgan fingerprint density at radius 3 is 1.08 bits per heavy atom. The van der Waals surface area contributed by atoms with Gasteiger partial charge < -0.3 is 20.6 Å². The first-order chi connectivity index (χ1) is 26.2. The molecule has 0 saturated carbocycles. The highest BCUT2D eigenvalue weighted by molar-refractivity contribution is 5.76. The van der Waals surface area contributed by atoms with Gasteiger partial charge in [0, 0.05) is 13.0 Å². The molecule has 0 rings (SSSR count). The summed E-state index contributed by atoms with van der Waals surface area (Å²) in [5, 5.41) is 31.8. The molecule has 0 saturated heterocycles. The first-order valence-corrected chi connectivity index (χ1v) is 24.0. The highest BCUT2D eigenvalue weighted by Crippen LogP contribution is 2.17. The van der Waals surface area contributed by atoms with E-state index in [-0.39, 0.29) is 12.5 Å². The van der Waals surface area contributed by atoms with Crippen LogP contribution in [0, 0.1) is 0 Å². The number of hydrogen-bond donors (Lipinski definition) is 4. The minimum atomic E-state index is -0.836. The molecule has 5 nitrogen and oxygen atoms in total. The third kappa shape index (κ3) is 42.1. The Labute approximate surface area is 331 Å². The number of carbonyl (C=O) groups excluding carboxylic acids is 1. The van der Waals surface area contributed by atoms with Gasteiger partial charge in [-0.05, 0) is 25.7 Å². The number of amides is 1. The maximum absolute atomic E-state index is 12.4. The second-order valence-corrected chi connectivity index (χ2v) is 16.6. The predicted molar refractivity (Wildman–Crippen MR) is 232 cm³/mol. The van der Waals surface area contributed by atoms with Crippen molar-refractivity contribution < 1.29 is 20.1 Å². The van der Waals surface area contributed by atoms with E-state index in [2.05, 4.69) is 12.2 Å². The zero-order chi connectivity index (χ0) is 38.6. The molecule has 0 aromatic rings. The van der Waals surface area contributed by atoms with Gasteiger partial charge in [-0.25, -0.2) is 0 Å². The fraction of sp³-hybridized carbons (Fsp3) is 0.938. The molecule has 0 fully saturated rings. The van der Waals surface area contributed by atoms with E-state index < -0.39 is 12.1 Å². The number of unbranched alkanes of at least 4 members (excludes halogenated alkanes) is 37. The van der Waals surface area contributed by atoms with Crippen LogP contribution in [0.1, 0.15) is 264 Å². The van der Waals surface area contributed by atoms with Crippen molar-refractivity contribution in [1.29, 1.82) is 0 Å². The average molecular weight is 750 g/mol. The molecule has 0 aromatic heterocycles. The smallest absolute Gasteiger partial charge is 0.220 e. The largest absolute Gasteiger partial charge is 0.396 e. The number of nitrogens with one attached hydrogen (secondary N) is 1. The molecule has 0 aliphatic rings. The zero-order valence-corrected chi connectivity index (χ0v) is 35.8. The summed E-state index contributed by atoms with van der Waals surface area (Å²) in [5.74, 6) is -0.0628. The number of rotatable bonds is 45. The number of hydrogen-bond acceptors (Lipinski definition) is 4. The van der Waals surface area contributed by atoms with Gasteiger partial charge in [0.05, 0.1) is 18.8 Å². The van der Waals surface area contributed by atoms with Gasteiger partial charge in [0.2, 0.25) is 5.91 Å². The van der Waals surface area contributed by atoms with Crippen molar-refractivity contribution in [2.24, 2.45) is 0 Å². The molecule has 53 heavy (non-hydrogen) atoms. The van der Waals surface area contributed by atoms with Gasteiger partial charge in [-0.1, -0.05) is 244 Å². The monoisotopic (exact) mass is 750 g/mol. The van der Waals surface area contributed by atoms with Crippen molar-refractivity contribution >= 4 is 5.91 Å². The van der Waals surface area contributed by atoms with Crippen LogP contribution in [-0.2, 0) is 4.79 Å². The Hall–Kier alpha value is -0.910. The van der Waals surface area contributed by atoms with Crippen molar-refractivity contribution in [3.8, 4) is 0 Å². The van der Waals surface area contributed by atoms with Gasteiger partial charge in [-0.15, -0.1) is 0 Å². The summed E-state index contributed by atoms with van der Waals surface area (Å²) in [6.07, 6.45) is 54.9. The summed E-state index contributed by atoms with van der Waals surface area (Å²) in [4.78, 5) is 12.4. The normalized spacial score (nSPS) is 12.9. The van der Waals surface area contributed by atoms with Crippen LogP contribution in [0.15, 0.2) is 12.2 Å². The first-order valence-electron chi connectivity index (χ1n) is 24.0. The molecule has 4 N–H and O–H groups in total. The van der Waals surface area contributed by atoms with E-state index in [0.29, 0.717) is 13.0 Å². The zero-order valence-electron chi connectivity index (χ0n) is 35.8. The van der Waals surface area contributed by atoms with Crippen LogP contribution < -0.4 is 5.32 Å². The molecule has 2 unspecified atom stereocenters. The Balaban J connectivity index is 3.42. The Morgan fingerprint density at radius 1 is 0.453 bits per heavy atom. The standard InChI is InChI=1S/C48H95NO4/c1-2-3-4-5-6-7-8-24-27-30-33-36-39-42-47(52)46(45-51)49-48(53)43-40-37-34-31-28-25-22-20-18-16-14-12-10-9-11-13-15-17-19-21-23-26-29-32-35-38-41-44-50/h39,42,46-47,50-52H,2-38,40-41,43-45H2,1H3,(H,49,53)/b42-39+. The second-order valence-electron chi connectivity index (χ2n) is 16.6. The quantitative estimate of drug-likeness (QED) is 0.0369. The molecule has 0 heterocycles.